The average molecular weight is 298 g/mol. The van der Waals surface area contributed by atoms with Crippen LogP contribution in [-0.2, 0) is 0 Å². The van der Waals surface area contributed by atoms with E-state index in [2.05, 4.69) is 31.1 Å². The number of benzene rings is 1. The summed E-state index contributed by atoms with van der Waals surface area (Å²) < 4.78 is 27.2. The molecule has 1 saturated heterocycles. The van der Waals surface area contributed by atoms with E-state index in [1.165, 1.54) is 18.2 Å². The van der Waals surface area contributed by atoms with E-state index in [0.717, 1.165) is 13.0 Å². The van der Waals surface area contributed by atoms with E-state index in [1.807, 2.05) is 0 Å². The largest absolute Gasteiger partial charge is 0.387 e. The maximum Gasteiger partial charge on any atom is 0.131 e. The Hall–Kier alpha value is -1.04. The molecule has 0 spiro atoms. The van der Waals surface area contributed by atoms with Crippen LogP contribution in [0.15, 0.2) is 18.2 Å². The molecular weight excluding hydrogens is 274 g/mol. The Balaban J connectivity index is 1.96. The fourth-order valence-electron chi connectivity index (χ4n) is 3.02. The second-order valence-corrected chi connectivity index (χ2v) is 6.17. The van der Waals surface area contributed by atoms with Crippen molar-refractivity contribution in [1.29, 1.82) is 0 Å². The Morgan fingerprint density at radius 3 is 2.57 bits per heavy atom. The van der Waals surface area contributed by atoms with Crippen molar-refractivity contribution >= 4 is 0 Å². The number of nitrogens with zero attached hydrogens (tertiary/aromatic N) is 1. The third-order valence-corrected chi connectivity index (χ3v) is 4.52. The average Bonchev–Trinajstić information content (AvgIpc) is 2.41. The number of aliphatic hydroxyl groups excluding tert-OH is 1. The molecule has 118 valence electrons. The zero-order valence-electron chi connectivity index (χ0n) is 12.8. The van der Waals surface area contributed by atoms with Crippen molar-refractivity contribution in [3.05, 3.63) is 35.4 Å². The second-order valence-electron chi connectivity index (χ2n) is 6.17. The first-order chi connectivity index (χ1) is 9.90. The Bertz CT molecular complexity index is 463. The zero-order chi connectivity index (χ0) is 15.6. The molecule has 21 heavy (non-hydrogen) atoms. The van der Waals surface area contributed by atoms with Gasteiger partial charge in [-0.2, -0.15) is 0 Å². The Kier molecular flexibility index (Phi) is 5.30. The first-order valence-electron chi connectivity index (χ1n) is 7.45. The maximum absolute atomic E-state index is 13.6. The van der Waals surface area contributed by atoms with Crippen molar-refractivity contribution in [2.24, 2.45) is 5.92 Å². The molecule has 0 bridgehead atoms. The quantitative estimate of drug-likeness (QED) is 0.895. The van der Waals surface area contributed by atoms with Crippen LogP contribution in [0.25, 0.3) is 0 Å². The molecule has 1 aliphatic heterocycles. The first kappa shape index (κ1) is 16.3. The van der Waals surface area contributed by atoms with Crippen LogP contribution >= 0.6 is 0 Å². The van der Waals surface area contributed by atoms with Crippen molar-refractivity contribution in [2.75, 3.05) is 20.1 Å². The molecule has 4 atom stereocenters. The van der Waals surface area contributed by atoms with Crippen LogP contribution in [0, 0.1) is 17.6 Å². The number of aliphatic hydroxyl groups is 1. The van der Waals surface area contributed by atoms with Gasteiger partial charge in [0, 0.05) is 25.2 Å². The minimum absolute atomic E-state index is 0.156. The normalized spacial score (nSPS) is 28.6. The van der Waals surface area contributed by atoms with Gasteiger partial charge in [0.25, 0.3) is 0 Å². The van der Waals surface area contributed by atoms with Crippen LogP contribution < -0.4 is 5.32 Å². The van der Waals surface area contributed by atoms with Crippen LogP contribution in [0.3, 0.4) is 0 Å². The van der Waals surface area contributed by atoms with Crippen LogP contribution in [0.2, 0.25) is 0 Å². The topological polar surface area (TPSA) is 35.5 Å². The van der Waals surface area contributed by atoms with Gasteiger partial charge in [-0.1, -0.05) is 13.0 Å². The minimum Gasteiger partial charge on any atom is -0.387 e. The number of halogens is 2. The van der Waals surface area contributed by atoms with Crippen molar-refractivity contribution in [3.8, 4) is 0 Å². The third-order valence-electron chi connectivity index (χ3n) is 4.52. The third kappa shape index (κ3) is 3.78. The van der Waals surface area contributed by atoms with Gasteiger partial charge in [-0.15, -0.1) is 0 Å². The molecule has 1 fully saturated rings. The number of rotatable bonds is 4. The Morgan fingerprint density at radius 1 is 1.33 bits per heavy atom. The summed E-state index contributed by atoms with van der Waals surface area (Å²) in [6.45, 7) is 5.44. The summed E-state index contributed by atoms with van der Waals surface area (Å²) in [6.07, 6.45) is -0.210. The number of piperidine rings is 1. The smallest absolute Gasteiger partial charge is 0.131 e. The highest BCUT2D eigenvalue weighted by Crippen LogP contribution is 2.23. The van der Waals surface area contributed by atoms with E-state index in [-0.39, 0.29) is 18.2 Å². The van der Waals surface area contributed by atoms with E-state index >= 15 is 0 Å². The van der Waals surface area contributed by atoms with E-state index in [4.69, 9.17) is 0 Å². The van der Waals surface area contributed by atoms with Crippen LogP contribution in [0.5, 0.6) is 0 Å². The summed E-state index contributed by atoms with van der Waals surface area (Å²) in [4.78, 5) is 2.30. The lowest BCUT2D eigenvalue weighted by Gasteiger charge is -2.40. The summed E-state index contributed by atoms with van der Waals surface area (Å²) in [5.74, 6) is -0.966. The van der Waals surface area contributed by atoms with Crippen LogP contribution in [-0.4, -0.2) is 42.2 Å². The number of hydrogen-bond donors (Lipinski definition) is 2. The SMILES string of the molecule is CC1CN(C)C(C)CC1NCC(O)c1c(F)cccc1F. The highest BCUT2D eigenvalue weighted by molar-refractivity contribution is 5.22. The Labute approximate surface area is 125 Å². The van der Waals surface area contributed by atoms with E-state index in [1.54, 1.807) is 0 Å². The molecule has 4 unspecified atom stereocenters. The molecule has 1 aromatic carbocycles. The fraction of sp³-hybridized carbons (Fsp3) is 0.625. The van der Waals surface area contributed by atoms with Gasteiger partial charge in [-0.25, -0.2) is 8.78 Å². The molecular formula is C16H24F2N2O. The van der Waals surface area contributed by atoms with E-state index < -0.39 is 17.7 Å². The molecule has 1 aliphatic rings. The summed E-state index contributed by atoms with van der Waals surface area (Å²) >= 11 is 0. The van der Waals surface area contributed by atoms with Gasteiger partial charge in [0.05, 0.1) is 11.7 Å². The van der Waals surface area contributed by atoms with Gasteiger partial charge >= 0.3 is 0 Å². The first-order valence-corrected chi connectivity index (χ1v) is 7.45. The lowest BCUT2D eigenvalue weighted by molar-refractivity contribution is 0.104. The zero-order valence-corrected chi connectivity index (χ0v) is 12.8. The van der Waals surface area contributed by atoms with Gasteiger partial charge in [0.15, 0.2) is 0 Å². The lowest BCUT2D eigenvalue weighted by atomic mass is 9.89. The molecule has 0 saturated carbocycles. The predicted octanol–water partition coefficient (Wildman–Crippen LogP) is 2.32. The second kappa shape index (κ2) is 6.81. The molecule has 1 aromatic rings. The number of hydrogen-bond acceptors (Lipinski definition) is 3. The van der Waals surface area contributed by atoms with Gasteiger partial charge in [0.1, 0.15) is 11.6 Å². The predicted molar refractivity (Wildman–Crippen MR) is 79.0 cm³/mol. The standard InChI is InChI=1S/C16H24F2N2O/c1-10-9-20(3)11(2)7-14(10)19-8-15(21)16-12(17)5-4-6-13(16)18/h4-6,10-11,14-15,19,21H,7-9H2,1-3H3. The van der Waals surface area contributed by atoms with E-state index in [9.17, 15) is 13.9 Å². The Morgan fingerprint density at radius 2 is 1.95 bits per heavy atom. The summed E-state index contributed by atoms with van der Waals surface area (Å²) in [7, 11) is 2.10. The highest BCUT2D eigenvalue weighted by Gasteiger charge is 2.29. The lowest BCUT2D eigenvalue weighted by Crippen LogP contribution is -2.51. The van der Waals surface area contributed by atoms with Gasteiger partial charge in [-0.3, -0.25) is 0 Å². The minimum atomic E-state index is -1.17. The molecule has 0 radical (unpaired) electrons. The molecule has 3 nitrogen and oxygen atoms in total. The van der Waals surface area contributed by atoms with Crippen molar-refractivity contribution in [2.45, 2.75) is 38.5 Å². The summed E-state index contributed by atoms with van der Waals surface area (Å²) in [5, 5.41) is 13.3. The molecule has 2 rings (SSSR count). The molecule has 1 heterocycles. The maximum atomic E-state index is 13.6. The highest BCUT2D eigenvalue weighted by atomic mass is 19.1. The van der Waals surface area contributed by atoms with Crippen LogP contribution in [0.4, 0.5) is 8.78 Å². The van der Waals surface area contributed by atoms with Gasteiger partial charge in [0.2, 0.25) is 0 Å². The molecule has 0 aliphatic carbocycles. The molecule has 2 N–H and O–H groups in total. The number of likely N-dealkylation sites (tertiary alicyclic amines) is 1. The van der Waals surface area contributed by atoms with Gasteiger partial charge in [-0.05, 0) is 38.4 Å². The fourth-order valence-corrected chi connectivity index (χ4v) is 3.02. The van der Waals surface area contributed by atoms with E-state index in [0.29, 0.717) is 12.0 Å². The van der Waals surface area contributed by atoms with Crippen LogP contribution in [0.1, 0.15) is 31.9 Å². The molecule has 0 amide bonds. The number of nitrogens with one attached hydrogen (secondary N) is 1. The van der Waals surface area contributed by atoms with Crippen molar-refractivity contribution in [3.63, 3.8) is 0 Å². The van der Waals surface area contributed by atoms with Crippen molar-refractivity contribution < 1.29 is 13.9 Å². The summed E-state index contributed by atoms with van der Waals surface area (Å²) in [6, 6.07) is 4.35. The molecule has 5 heteroatoms. The van der Waals surface area contributed by atoms with Gasteiger partial charge < -0.3 is 15.3 Å². The molecule has 0 aromatic heterocycles. The monoisotopic (exact) mass is 298 g/mol. The summed E-state index contributed by atoms with van der Waals surface area (Å²) in [5.41, 5.74) is -0.251. The van der Waals surface area contributed by atoms with Crippen molar-refractivity contribution in [1.82, 2.24) is 10.2 Å².